The molecular weight excluding hydrogens is 276 g/mol. The summed E-state index contributed by atoms with van der Waals surface area (Å²) in [6, 6.07) is 7.23. The minimum Gasteiger partial charge on any atom is -0.497 e. The minimum atomic E-state index is 0.126. The second-order valence-corrected chi connectivity index (χ2v) is 5.25. The van der Waals surface area contributed by atoms with Crippen molar-refractivity contribution < 1.29 is 9.53 Å². The van der Waals surface area contributed by atoms with Crippen molar-refractivity contribution in [3.8, 4) is 5.75 Å². The van der Waals surface area contributed by atoms with Crippen LogP contribution in [0, 0.1) is 0 Å². The number of aromatic nitrogens is 4. The molecule has 0 radical (unpaired) electrons. The molecule has 0 aliphatic carbocycles. The second kappa shape index (κ2) is 7.04. The van der Waals surface area contributed by atoms with Gasteiger partial charge in [0.2, 0.25) is 5.16 Å². The van der Waals surface area contributed by atoms with Crippen molar-refractivity contribution in [3.05, 3.63) is 29.8 Å². The number of ether oxygens (including phenoxy) is 1. The van der Waals surface area contributed by atoms with Gasteiger partial charge in [-0.3, -0.25) is 4.79 Å². The fraction of sp³-hybridized carbons (Fsp3) is 0.385. The van der Waals surface area contributed by atoms with Crippen LogP contribution in [0.4, 0.5) is 0 Å². The highest BCUT2D eigenvalue weighted by Gasteiger charge is 2.08. The van der Waals surface area contributed by atoms with Crippen LogP contribution in [-0.4, -0.2) is 38.9 Å². The van der Waals surface area contributed by atoms with E-state index in [-0.39, 0.29) is 5.78 Å². The van der Waals surface area contributed by atoms with Gasteiger partial charge in [0.1, 0.15) is 5.75 Å². The number of tetrazole rings is 1. The van der Waals surface area contributed by atoms with Crippen LogP contribution in [0.5, 0.6) is 5.75 Å². The SMILES string of the molecule is COc1cccc(C(=O)CCCSc2nnnn2C)c1. The van der Waals surface area contributed by atoms with Crippen molar-refractivity contribution in [2.24, 2.45) is 7.05 Å². The number of Topliss-reactive ketones (excluding diaryl/α,β-unsaturated/α-hetero) is 1. The number of carbonyl (C=O) groups is 1. The molecule has 1 aromatic carbocycles. The van der Waals surface area contributed by atoms with Crippen molar-refractivity contribution in [1.29, 1.82) is 0 Å². The van der Waals surface area contributed by atoms with Crippen LogP contribution in [0.3, 0.4) is 0 Å². The van der Waals surface area contributed by atoms with E-state index < -0.39 is 0 Å². The van der Waals surface area contributed by atoms with Crippen LogP contribution in [0.2, 0.25) is 0 Å². The Hall–Kier alpha value is -1.89. The van der Waals surface area contributed by atoms with E-state index >= 15 is 0 Å². The third-order valence-electron chi connectivity index (χ3n) is 2.75. The largest absolute Gasteiger partial charge is 0.497 e. The summed E-state index contributed by atoms with van der Waals surface area (Å²) in [6.07, 6.45) is 1.29. The molecule has 0 N–H and O–H groups in total. The number of carbonyl (C=O) groups excluding carboxylic acids is 1. The van der Waals surface area contributed by atoms with Crippen LogP contribution in [0.25, 0.3) is 0 Å². The minimum absolute atomic E-state index is 0.126. The first-order chi connectivity index (χ1) is 9.70. The molecule has 2 aromatic rings. The van der Waals surface area contributed by atoms with Gasteiger partial charge in [-0.05, 0) is 29.0 Å². The third-order valence-corrected chi connectivity index (χ3v) is 3.85. The molecule has 0 unspecified atom stereocenters. The van der Waals surface area contributed by atoms with Gasteiger partial charge in [0, 0.05) is 24.8 Å². The van der Waals surface area contributed by atoms with Gasteiger partial charge < -0.3 is 4.74 Å². The fourth-order valence-corrected chi connectivity index (χ4v) is 2.47. The maximum Gasteiger partial charge on any atom is 0.209 e. The summed E-state index contributed by atoms with van der Waals surface area (Å²) in [5.74, 6) is 1.64. The number of rotatable bonds is 7. The summed E-state index contributed by atoms with van der Waals surface area (Å²) >= 11 is 1.55. The second-order valence-electron chi connectivity index (χ2n) is 4.19. The van der Waals surface area contributed by atoms with E-state index in [0.717, 1.165) is 17.3 Å². The summed E-state index contributed by atoms with van der Waals surface area (Å²) in [7, 11) is 3.39. The molecule has 20 heavy (non-hydrogen) atoms. The predicted octanol–water partition coefficient (Wildman–Crippen LogP) is 1.97. The zero-order valence-electron chi connectivity index (χ0n) is 11.4. The van der Waals surface area contributed by atoms with Gasteiger partial charge in [0.05, 0.1) is 7.11 Å². The van der Waals surface area contributed by atoms with Crippen LogP contribution < -0.4 is 4.74 Å². The van der Waals surface area contributed by atoms with Crippen LogP contribution >= 0.6 is 11.8 Å². The lowest BCUT2D eigenvalue weighted by Gasteiger charge is -2.04. The highest BCUT2D eigenvalue weighted by Crippen LogP contribution is 2.17. The smallest absolute Gasteiger partial charge is 0.209 e. The van der Waals surface area contributed by atoms with Crippen molar-refractivity contribution in [1.82, 2.24) is 20.2 Å². The average Bonchev–Trinajstić information content (AvgIpc) is 2.89. The maximum atomic E-state index is 12.0. The monoisotopic (exact) mass is 292 g/mol. The number of methoxy groups -OCH3 is 1. The van der Waals surface area contributed by atoms with Gasteiger partial charge in [-0.1, -0.05) is 23.9 Å². The molecule has 0 aliphatic heterocycles. The molecule has 6 nitrogen and oxygen atoms in total. The molecule has 0 aliphatic rings. The predicted molar refractivity (Wildman–Crippen MR) is 76.1 cm³/mol. The zero-order valence-corrected chi connectivity index (χ0v) is 12.3. The van der Waals surface area contributed by atoms with E-state index in [1.54, 1.807) is 36.7 Å². The Labute approximate surface area is 121 Å². The Bertz CT molecular complexity index is 585. The van der Waals surface area contributed by atoms with Gasteiger partial charge in [0.25, 0.3) is 0 Å². The first kappa shape index (κ1) is 14.5. The number of hydrogen-bond donors (Lipinski definition) is 0. The Balaban J connectivity index is 1.79. The number of benzene rings is 1. The first-order valence-electron chi connectivity index (χ1n) is 6.23. The summed E-state index contributed by atoms with van der Waals surface area (Å²) in [4.78, 5) is 12.0. The highest BCUT2D eigenvalue weighted by atomic mass is 32.2. The van der Waals surface area contributed by atoms with Gasteiger partial charge in [-0.15, -0.1) is 5.10 Å². The Morgan fingerprint density at radius 1 is 1.45 bits per heavy atom. The molecule has 1 aromatic heterocycles. The quantitative estimate of drug-likeness (QED) is 0.441. The molecule has 1 heterocycles. The summed E-state index contributed by atoms with van der Waals surface area (Å²) in [5, 5.41) is 12.0. The van der Waals surface area contributed by atoms with Gasteiger partial charge in [-0.2, -0.15) is 0 Å². The number of ketones is 1. The Morgan fingerprint density at radius 2 is 2.30 bits per heavy atom. The molecule has 0 fully saturated rings. The molecule has 0 saturated carbocycles. The third kappa shape index (κ3) is 3.80. The van der Waals surface area contributed by atoms with Crippen molar-refractivity contribution >= 4 is 17.5 Å². The normalized spacial score (nSPS) is 10.5. The molecule has 0 amide bonds. The van der Waals surface area contributed by atoms with Crippen LogP contribution in [0.1, 0.15) is 23.2 Å². The summed E-state index contributed by atoms with van der Waals surface area (Å²) < 4.78 is 6.73. The van der Waals surface area contributed by atoms with E-state index in [4.69, 9.17) is 4.74 Å². The molecule has 0 spiro atoms. The van der Waals surface area contributed by atoms with Crippen LogP contribution in [-0.2, 0) is 7.05 Å². The van der Waals surface area contributed by atoms with E-state index in [2.05, 4.69) is 15.5 Å². The standard InChI is InChI=1S/C13H16N4O2S/c1-17-13(14-15-16-17)20-8-4-7-12(18)10-5-3-6-11(9-10)19-2/h3,5-6,9H,4,7-8H2,1-2H3. The van der Waals surface area contributed by atoms with Gasteiger partial charge in [0.15, 0.2) is 5.78 Å². The average molecular weight is 292 g/mol. The molecular formula is C13H16N4O2S. The summed E-state index contributed by atoms with van der Waals surface area (Å²) in [6.45, 7) is 0. The van der Waals surface area contributed by atoms with Crippen molar-refractivity contribution in [2.75, 3.05) is 12.9 Å². The molecule has 7 heteroatoms. The van der Waals surface area contributed by atoms with Crippen molar-refractivity contribution in [2.45, 2.75) is 18.0 Å². The lowest BCUT2D eigenvalue weighted by Crippen LogP contribution is -2.00. The summed E-state index contributed by atoms with van der Waals surface area (Å²) in [5.41, 5.74) is 0.690. The molecule has 2 rings (SSSR count). The fourth-order valence-electron chi connectivity index (χ4n) is 1.68. The van der Waals surface area contributed by atoms with Gasteiger partial charge >= 0.3 is 0 Å². The molecule has 0 saturated heterocycles. The topological polar surface area (TPSA) is 69.9 Å². The van der Waals surface area contributed by atoms with Crippen molar-refractivity contribution in [3.63, 3.8) is 0 Å². The molecule has 0 atom stereocenters. The molecule has 0 bridgehead atoms. The number of nitrogens with zero attached hydrogens (tertiary/aromatic N) is 4. The van der Waals surface area contributed by atoms with E-state index in [9.17, 15) is 4.79 Å². The first-order valence-corrected chi connectivity index (χ1v) is 7.21. The van der Waals surface area contributed by atoms with E-state index in [1.807, 2.05) is 18.2 Å². The Kier molecular flexibility index (Phi) is 5.11. The van der Waals surface area contributed by atoms with Gasteiger partial charge in [-0.25, -0.2) is 4.68 Å². The highest BCUT2D eigenvalue weighted by molar-refractivity contribution is 7.99. The lowest BCUT2D eigenvalue weighted by atomic mass is 10.1. The van der Waals surface area contributed by atoms with E-state index in [0.29, 0.717) is 17.7 Å². The number of thioether (sulfide) groups is 1. The Morgan fingerprint density at radius 3 is 3.00 bits per heavy atom. The van der Waals surface area contributed by atoms with E-state index in [1.165, 1.54) is 0 Å². The zero-order chi connectivity index (χ0) is 14.4. The lowest BCUT2D eigenvalue weighted by molar-refractivity contribution is 0.0981. The maximum absolute atomic E-state index is 12.0. The number of hydrogen-bond acceptors (Lipinski definition) is 6. The number of aryl methyl sites for hydroxylation is 1. The van der Waals surface area contributed by atoms with Crippen LogP contribution in [0.15, 0.2) is 29.4 Å². The molecule has 106 valence electrons.